The SMILES string of the molecule is O=C(N=c1sccn1Cc1ccccc1F)C1CCCN1C(=O)c1ccco1. The second kappa shape index (κ2) is 7.93. The molecule has 0 radical (unpaired) electrons. The molecule has 2 amide bonds. The van der Waals surface area contributed by atoms with E-state index in [2.05, 4.69) is 4.99 Å². The van der Waals surface area contributed by atoms with Gasteiger partial charge in [0.1, 0.15) is 11.9 Å². The van der Waals surface area contributed by atoms with Crippen molar-refractivity contribution < 1.29 is 18.4 Å². The van der Waals surface area contributed by atoms with Crippen molar-refractivity contribution in [3.8, 4) is 0 Å². The molecule has 144 valence electrons. The van der Waals surface area contributed by atoms with Gasteiger partial charge in [-0.25, -0.2) is 4.39 Å². The minimum Gasteiger partial charge on any atom is -0.459 e. The quantitative estimate of drug-likeness (QED) is 0.677. The fourth-order valence-corrected chi connectivity index (χ4v) is 4.03. The van der Waals surface area contributed by atoms with Crippen LogP contribution in [0.1, 0.15) is 29.0 Å². The van der Waals surface area contributed by atoms with Gasteiger partial charge < -0.3 is 13.9 Å². The Bertz CT molecular complexity index is 1050. The van der Waals surface area contributed by atoms with E-state index in [1.807, 2.05) is 0 Å². The highest BCUT2D eigenvalue weighted by Gasteiger charge is 2.35. The number of amides is 2. The average Bonchev–Trinajstić information content (AvgIpc) is 3.45. The lowest BCUT2D eigenvalue weighted by Gasteiger charge is -2.20. The molecule has 2 aromatic heterocycles. The molecular weight excluding hydrogens is 381 g/mol. The molecule has 8 heteroatoms. The Labute approximate surface area is 164 Å². The Hall–Kier alpha value is -3.00. The standard InChI is InChI=1S/C20H18FN3O3S/c21-15-6-2-1-5-14(15)13-23-10-12-28-20(23)22-18(25)16-7-3-9-24(16)19(26)17-8-4-11-27-17/h1-2,4-6,8,10-12,16H,3,7,9,13H2. The van der Waals surface area contributed by atoms with E-state index in [9.17, 15) is 14.0 Å². The number of hydrogen-bond donors (Lipinski definition) is 0. The van der Waals surface area contributed by atoms with Crippen LogP contribution >= 0.6 is 11.3 Å². The monoisotopic (exact) mass is 399 g/mol. The molecule has 1 fully saturated rings. The van der Waals surface area contributed by atoms with Crippen molar-refractivity contribution in [3.05, 3.63) is 76.2 Å². The Morgan fingerprint density at radius 3 is 2.89 bits per heavy atom. The fraction of sp³-hybridized carbons (Fsp3) is 0.250. The van der Waals surface area contributed by atoms with Gasteiger partial charge in [0.25, 0.3) is 11.8 Å². The van der Waals surface area contributed by atoms with Crippen molar-refractivity contribution >= 4 is 23.2 Å². The van der Waals surface area contributed by atoms with Gasteiger partial charge in [-0.2, -0.15) is 4.99 Å². The third-order valence-electron chi connectivity index (χ3n) is 4.70. The number of thiazole rings is 1. The largest absolute Gasteiger partial charge is 0.459 e. The second-order valence-corrected chi connectivity index (χ2v) is 7.36. The molecule has 1 unspecified atom stereocenters. The lowest BCUT2D eigenvalue weighted by atomic mass is 10.2. The van der Waals surface area contributed by atoms with E-state index in [0.29, 0.717) is 23.3 Å². The van der Waals surface area contributed by atoms with Crippen LogP contribution in [0, 0.1) is 5.82 Å². The highest BCUT2D eigenvalue weighted by molar-refractivity contribution is 7.07. The van der Waals surface area contributed by atoms with Gasteiger partial charge >= 0.3 is 0 Å². The van der Waals surface area contributed by atoms with Gasteiger partial charge in [-0.15, -0.1) is 11.3 Å². The number of rotatable bonds is 4. The van der Waals surface area contributed by atoms with Gasteiger partial charge in [-0.3, -0.25) is 9.59 Å². The number of benzene rings is 1. The predicted molar refractivity (Wildman–Crippen MR) is 101 cm³/mol. The highest BCUT2D eigenvalue weighted by Crippen LogP contribution is 2.21. The third kappa shape index (κ3) is 3.68. The summed E-state index contributed by atoms with van der Waals surface area (Å²) in [6.45, 7) is 0.771. The van der Waals surface area contributed by atoms with Gasteiger partial charge in [0.05, 0.1) is 12.8 Å². The van der Waals surface area contributed by atoms with E-state index in [0.717, 1.165) is 6.42 Å². The van der Waals surface area contributed by atoms with E-state index in [-0.39, 0.29) is 29.9 Å². The molecule has 0 bridgehead atoms. The maximum absolute atomic E-state index is 13.9. The lowest BCUT2D eigenvalue weighted by Crippen LogP contribution is -2.40. The van der Waals surface area contributed by atoms with Crippen molar-refractivity contribution in [2.45, 2.75) is 25.4 Å². The van der Waals surface area contributed by atoms with Crippen LogP contribution in [0.25, 0.3) is 0 Å². The van der Waals surface area contributed by atoms with Crippen molar-refractivity contribution in [3.63, 3.8) is 0 Å². The second-order valence-electron chi connectivity index (χ2n) is 6.49. The molecule has 1 aliphatic heterocycles. The zero-order valence-corrected chi connectivity index (χ0v) is 15.8. The van der Waals surface area contributed by atoms with Crippen LogP contribution in [0.15, 0.2) is 63.6 Å². The van der Waals surface area contributed by atoms with E-state index in [4.69, 9.17) is 4.42 Å². The topological polar surface area (TPSA) is 67.8 Å². The summed E-state index contributed by atoms with van der Waals surface area (Å²) in [5.41, 5.74) is 0.519. The molecule has 4 rings (SSSR count). The van der Waals surface area contributed by atoms with Crippen LogP contribution in [0.3, 0.4) is 0 Å². The first kappa shape index (κ1) is 18.4. The number of carbonyl (C=O) groups excluding carboxylic acids is 2. The minimum atomic E-state index is -0.610. The number of halogens is 1. The number of hydrogen-bond acceptors (Lipinski definition) is 4. The summed E-state index contributed by atoms with van der Waals surface area (Å²) in [5, 5.41) is 1.80. The summed E-state index contributed by atoms with van der Waals surface area (Å²) >= 11 is 1.30. The summed E-state index contributed by atoms with van der Waals surface area (Å²) in [6, 6.07) is 9.12. The molecular formula is C20H18FN3O3S. The summed E-state index contributed by atoms with van der Waals surface area (Å²) in [5.74, 6) is -0.765. The van der Waals surface area contributed by atoms with Gasteiger partial charge in [0.2, 0.25) is 0 Å². The Morgan fingerprint density at radius 1 is 1.25 bits per heavy atom. The number of carbonyl (C=O) groups is 2. The van der Waals surface area contributed by atoms with Gasteiger partial charge in [0, 0.05) is 23.7 Å². The first-order chi connectivity index (χ1) is 13.6. The highest BCUT2D eigenvalue weighted by atomic mass is 32.1. The van der Waals surface area contributed by atoms with Crippen LogP contribution in [0.2, 0.25) is 0 Å². The molecule has 0 spiro atoms. The van der Waals surface area contributed by atoms with Crippen molar-refractivity contribution in [2.75, 3.05) is 6.54 Å². The van der Waals surface area contributed by atoms with Crippen molar-refractivity contribution in [2.24, 2.45) is 4.99 Å². The molecule has 3 aromatic rings. The van der Waals surface area contributed by atoms with Gasteiger partial charge in [-0.05, 0) is 31.0 Å². The molecule has 0 aliphatic carbocycles. The number of likely N-dealkylation sites (tertiary alicyclic amines) is 1. The van der Waals surface area contributed by atoms with Crippen LogP contribution in [0.4, 0.5) is 4.39 Å². The molecule has 28 heavy (non-hydrogen) atoms. The number of nitrogens with zero attached hydrogens (tertiary/aromatic N) is 3. The van der Waals surface area contributed by atoms with Crippen LogP contribution in [-0.2, 0) is 11.3 Å². The van der Waals surface area contributed by atoms with E-state index >= 15 is 0 Å². The number of furan rings is 1. The Balaban J connectivity index is 1.56. The normalized spacial score (nSPS) is 17.2. The molecule has 6 nitrogen and oxygen atoms in total. The molecule has 1 aliphatic rings. The molecule has 1 atom stereocenters. The van der Waals surface area contributed by atoms with E-state index < -0.39 is 6.04 Å². The Morgan fingerprint density at radius 2 is 2.11 bits per heavy atom. The summed E-state index contributed by atoms with van der Waals surface area (Å²) in [4.78, 5) is 31.6. The summed E-state index contributed by atoms with van der Waals surface area (Å²) in [7, 11) is 0. The average molecular weight is 399 g/mol. The first-order valence-electron chi connectivity index (χ1n) is 8.94. The van der Waals surface area contributed by atoms with Gasteiger partial charge in [-0.1, -0.05) is 18.2 Å². The van der Waals surface area contributed by atoms with Crippen LogP contribution in [-0.4, -0.2) is 33.9 Å². The lowest BCUT2D eigenvalue weighted by molar-refractivity contribution is -0.121. The van der Waals surface area contributed by atoms with E-state index in [1.165, 1.54) is 28.6 Å². The summed E-state index contributed by atoms with van der Waals surface area (Å²) in [6.07, 6.45) is 4.50. The fourth-order valence-electron chi connectivity index (χ4n) is 3.29. The molecule has 3 heterocycles. The van der Waals surface area contributed by atoms with Gasteiger partial charge in [0.15, 0.2) is 10.6 Å². The summed E-state index contributed by atoms with van der Waals surface area (Å²) < 4.78 is 20.8. The molecule has 0 N–H and O–H groups in total. The van der Waals surface area contributed by atoms with Crippen LogP contribution < -0.4 is 4.80 Å². The smallest absolute Gasteiger partial charge is 0.290 e. The molecule has 0 saturated carbocycles. The maximum Gasteiger partial charge on any atom is 0.290 e. The minimum absolute atomic E-state index is 0.213. The maximum atomic E-state index is 13.9. The number of aromatic nitrogens is 1. The zero-order valence-electron chi connectivity index (χ0n) is 15.0. The molecule has 1 aromatic carbocycles. The zero-order chi connectivity index (χ0) is 19.5. The van der Waals surface area contributed by atoms with Crippen molar-refractivity contribution in [1.29, 1.82) is 0 Å². The predicted octanol–water partition coefficient (Wildman–Crippen LogP) is 3.06. The van der Waals surface area contributed by atoms with Crippen LogP contribution in [0.5, 0.6) is 0 Å². The Kier molecular flexibility index (Phi) is 5.21. The van der Waals surface area contributed by atoms with E-state index in [1.54, 1.807) is 46.5 Å². The first-order valence-corrected chi connectivity index (χ1v) is 9.82. The molecule has 1 saturated heterocycles. The third-order valence-corrected chi connectivity index (χ3v) is 5.49. The van der Waals surface area contributed by atoms with Crippen molar-refractivity contribution in [1.82, 2.24) is 9.47 Å².